The number of hydrogen-bond donors (Lipinski definition) is 4. The van der Waals surface area contributed by atoms with Gasteiger partial charge in [0.1, 0.15) is 12.0 Å². The molecular formula is C17H27N3O6. The van der Waals surface area contributed by atoms with Crippen LogP contribution in [0.25, 0.3) is 0 Å². The molecule has 0 radical (unpaired) electrons. The molecule has 2 amide bonds. The fraction of sp³-hybridized carbons (Fsp3) is 0.765. The fourth-order valence-electron chi connectivity index (χ4n) is 3.11. The summed E-state index contributed by atoms with van der Waals surface area (Å²) in [5, 5.41) is 14.4. The number of aliphatic carboxylic acids is 1. The molecule has 9 heteroatoms. The Hall–Kier alpha value is -2.16. The maximum atomic E-state index is 12.3. The first-order valence-electron chi connectivity index (χ1n) is 8.95. The highest BCUT2D eigenvalue weighted by molar-refractivity contribution is 5.94. The molecule has 26 heavy (non-hydrogen) atoms. The van der Waals surface area contributed by atoms with Crippen LogP contribution in [-0.4, -0.2) is 53.1 Å². The summed E-state index contributed by atoms with van der Waals surface area (Å²) < 4.78 is 4.98. The molecule has 1 aliphatic carbocycles. The molecule has 0 spiro atoms. The van der Waals surface area contributed by atoms with E-state index < -0.39 is 36.0 Å². The van der Waals surface area contributed by atoms with E-state index in [0.717, 1.165) is 6.42 Å². The lowest BCUT2D eigenvalue weighted by molar-refractivity contribution is -0.193. The molecule has 1 aliphatic heterocycles. The molecule has 1 heterocycles. The lowest BCUT2D eigenvalue weighted by Gasteiger charge is -2.37. The van der Waals surface area contributed by atoms with Crippen LogP contribution in [0.1, 0.15) is 40.0 Å². The van der Waals surface area contributed by atoms with Gasteiger partial charge in [-0.25, -0.2) is 4.79 Å². The molecule has 1 unspecified atom stereocenters. The highest BCUT2D eigenvalue weighted by atomic mass is 16.6. The van der Waals surface area contributed by atoms with Crippen molar-refractivity contribution in [1.82, 2.24) is 10.6 Å². The lowest BCUT2D eigenvalue weighted by Crippen LogP contribution is -2.56. The zero-order valence-corrected chi connectivity index (χ0v) is 15.2. The zero-order valence-electron chi connectivity index (χ0n) is 15.2. The molecule has 9 nitrogen and oxygen atoms in total. The third-order valence-corrected chi connectivity index (χ3v) is 5.17. The predicted molar refractivity (Wildman–Crippen MR) is 90.7 cm³/mol. The second-order valence-corrected chi connectivity index (χ2v) is 7.30. The normalized spacial score (nSPS) is 30.2. The standard InChI is InChI=1S/C17H27N3O6/c1-4-7(2)12-13(26-17(12)25)15(22)19-10-5-9(10)6-11(16(23)24)20-14(21)8(3)18/h7-13H,4-6,18H2,1-3H3,(H,19,22)(H,20,21)(H,23,24)/t7-,8-,9+,10?,11-,12-,13+/m0/s1. The smallest absolute Gasteiger partial charge is 0.326 e. The average molecular weight is 369 g/mol. The summed E-state index contributed by atoms with van der Waals surface area (Å²) in [6.45, 7) is 5.33. The van der Waals surface area contributed by atoms with Crippen LogP contribution in [-0.2, 0) is 23.9 Å². The number of carbonyl (C=O) groups excluding carboxylic acids is 3. The van der Waals surface area contributed by atoms with E-state index in [1.54, 1.807) is 0 Å². The molecule has 2 rings (SSSR count). The highest BCUT2D eigenvalue weighted by Crippen LogP contribution is 2.37. The fourth-order valence-corrected chi connectivity index (χ4v) is 3.11. The van der Waals surface area contributed by atoms with E-state index in [-0.39, 0.29) is 36.2 Å². The Bertz CT molecular complexity index is 593. The highest BCUT2D eigenvalue weighted by Gasteiger charge is 2.51. The van der Waals surface area contributed by atoms with Gasteiger partial charge in [0.05, 0.1) is 6.04 Å². The first-order valence-corrected chi connectivity index (χ1v) is 8.95. The summed E-state index contributed by atoms with van der Waals surface area (Å²) in [4.78, 5) is 46.8. The van der Waals surface area contributed by atoms with Crippen LogP contribution in [0.15, 0.2) is 0 Å². The first kappa shape index (κ1) is 20.2. The molecule has 0 aromatic rings. The van der Waals surface area contributed by atoms with Gasteiger partial charge in [0.25, 0.3) is 5.91 Å². The molecule has 5 N–H and O–H groups in total. The van der Waals surface area contributed by atoms with Crippen LogP contribution >= 0.6 is 0 Å². The Morgan fingerprint density at radius 3 is 2.50 bits per heavy atom. The van der Waals surface area contributed by atoms with E-state index in [4.69, 9.17) is 10.5 Å². The van der Waals surface area contributed by atoms with Gasteiger partial charge in [-0.3, -0.25) is 14.4 Å². The van der Waals surface area contributed by atoms with Crippen LogP contribution in [0.4, 0.5) is 0 Å². The lowest BCUT2D eigenvalue weighted by atomic mass is 9.83. The van der Waals surface area contributed by atoms with Crippen molar-refractivity contribution in [2.75, 3.05) is 0 Å². The van der Waals surface area contributed by atoms with Gasteiger partial charge in [0.15, 0.2) is 6.10 Å². The number of ether oxygens (including phenoxy) is 1. The van der Waals surface area contributed by atoms with Gasteiger partial charge in [0.2, 0.25) is 5.91 Å². The van der Waals surface area contributed by atoms with Crippen LogP contribution in [0.2, 0.25) is 0 Å². The molecule has 0 bridgehead atoms. The number of hydrogen-bond acceptors (Lipinski definition) is 6. The number of esters is 1. The van der Waals surface area contributed by atoms with Crippen molar-refractivity contribution in [1.29, 1.82) is 0 Å². The van der Waals surface area contributed by atoms with E-state index in [1.165, 1.54) is 6.92 Å². The quantitative estimate of drug-likeness (QED) is 0.396. The van der Waals surface area contributed by atoms with Crippen molar-refractivity contribution in [3.63, 3.8) is 0 Å². The van der Waals surface area contributed by atoms with Crippen LogP contribution in [0, 0.1) is 17.8 Å². The third-order valence-electron chi connectivity index (χ3n) is 5.17. The van der Waals surface area contributed by atoms with Crippen LogP contribution < -0.4 is 16.4 Å². The van der Waals surface area contributed by atoms with Gasteiger partial charge in [-0.2, -0.15) is 0 Å². The van der Waals surface area contributed by atoms with Crippen molar-refractivity contribution in [2.45, 2.75) is 64.3 Å². The van der Waals surface area contributed by atoms with Crippen molar-refractivity contribution < 1.29 is 29.0 Å². The Morgan fingerprint density at radius 2 is 2.00 bits per heavy atom. The first-order chi connectivity index (χ1) is 12.1. The maximum Gasteiger partial charge on any atom is 0.326 e. The SMILES string of the molecule is CC[C@H](C)[C@@H]1C(=O)O[C@H]1C(=O)NC1C[C@@H]1C[C@H](NC(=O)[C@H](C)N)C(=O)O. The summed E-state index contributed by atoms with van der Waals surface area (Å²) in [5.41, 5.74) is 5.44. The second kappa shape index (κ2) is 8.03. The molecule has 2 aliphatic rings. The summed E-state index contributed by atoms with van der Waals surface area (Å²) >= 11 is 0. The number of carboxylic acid groups (broad SMARTS) is 1. The molecule has 7 atom stereocenters. The summed E-state index contributed by atoms with van der Waals surface area (Å²) in [6, 6.07) is -2.01. The zero-order chi connectivity index (χ0) is 19.6. The molecule has 0 aromatic heterocycles. The van der Waals surface area contributed by atoms with E-state index in [0.29, 0.717) is 6.42 Å². The summed E-state index contributed by atoms with van der Waals surface area (Å²) in [6.07, 6.45) is 0.831. The average Bonchev–Trinajstić information content (AvgIpc) is 3.28. The number of rotatable bonds is 9. The minimum Gasteiger partial charge on any atom is -0.480 e. The van der Waals surface area contributed by atoms with E-state index in [1.807, 2.05) is 13.8 Å². The predicted octanol–water partition coefficient (Wildman–Crippen LogP) is -0.614. The topological polar surface area (TPSA) is 148 Å². The van der Waals surface area contributed by atoms with Crippen molar-refractivity contribution >= 4 is 23.8 Å². The van der Waals surface area contributed by atoms with Crippen molar-refractivity contribution in [3.05, 3.63) is 0 Å². The Morgan fingerprint density at radius 1 is 1.35 bits per heavy atom. The number of carbonyl (C=O) groups is 4. The number of nitrogens with two attached hydrogens (primary N) is 1. The number of amides is 2. The monoisotopic (exact) mass is 369 g/mol. The minimum absolute atomic E-state index is 0.0498. The van der Waals surface area contributed by atoms with Gasteiger partial charge in [-0.15, -0.1) is 0 Å². The third kappa shape index (κ3) is 4.51. The maximum absolute atomic E-state index is 12.3. The van der Waals surface area contributed by atoms with Gasteiger partial charge >= 0.3 is 11.9 Å². The van der Waals surface area contributed by atoms with E-state index in [9.17, 15) is 24.3 Å². The molecule has 146 valence electrons. The molecule has 0 aromatic carbocycles. The Labute approximate surface area is 152 Å². The van der Waals surface area contributed by atoms with E-state index >= 15 is 0 Å². The molecular weight excluding hydrogens is 342 g/mol. The molecule has 1 saturated carbocycles. The van der Waals surface area contributed by atoms with Gasteiger partial charge in [-0.05, 0) is 31.6 Å². The van der Waals surface area contributed by atoms with Crippen LogP contribution in [0.5, 0.6) is 0 Å². The second-order valence-electron chi connectivity index (χ2n) is 7.30. The minimum atomic E-state index is -1.14. The van der Waals surface area contributed by atoms with Crippen LogP contribution in [0.3, 0.4) is 0 Å². The molecule has 2 fully saturated rings. The van der Waals surface area contributed by atoms with Crippen molar-refractivity contribution in [3.8, 4) is 0 Å². The van der Waals surface area contributed by atoms with Gasteiger partial charge in [0, 0.05) is 6.04 Å². The number of nitrogens with one attached hydrogen (secondary N) is 2. The summed E-state index contributed by atoms with van der Waals surface area (Å²) in [5.74, 6) is -2.77. The summed E-state index contributed by atoms with van der Waals surface area (Å²) in [7, 11) is 0. The van der Waals surface area contributed by atoms with Gasteiger partial charge in [-0.1, -0.05) is 20.3 Å². The largest absolute Gasteiger partial charge is 0.480 e. The van der Waals surface area contributed by atoms with E-state index in [2.05, 4.69) is 10.6 Å². The Balaban J connectivity index is 1.82. The Kier molecular flexibility index (Phi) is 6.22. The van der Waals surface area contributed by atoms with Gasteiger partial charge < -0.3 is 26.2 Å². The number of carboxylic acids is 1. The van der Waals surface area contributed by atoms with Crippen molar-refractivity contribution in [2.24, 2.45) is 23.5 Å². The number of cyclic esters (lactones) is 1. The molecule has 1 saturated heterocycles.